The van der Waals surface area contributed by atoms with Gasteiger partial charge in [-0.05, 0) is 37.1 Å². The van der Waals surface area contributed by atoms with Gasteiger partial charge in [0.05, 0.1) is 34.9 Å². The Morgan fingerprint density at radius 1 is 1.22 bits per heavy atom. The molecule has 6 nitrogen and oxygen atoms in total. The Bertz CT molecular complexity index is 836. The molecule has 1 aromatic heterocycles. The number of carbonyl (C=O) groups is 1. The summed E-state index contributed by atoms with van der Waals surface area (Å²) in [4.78, 5) is 15.3. The molecule has 10 heteroatoms. The van der Waals surface area contributed by atoms with Crippen LogP contribution in [0.25, 0.3) is 0 Å². The minimum atomic E-state index is -4.47. The number of benzene rings is 1. The first-order chi connectivity index (χ1) is 12.7. The third kappa shape index (κ3) is 4.78. The number of hydrogen-bond acceptors (Lipinski definition) is 5. The van der Waals surface area contributed by atoms with Crippen molar-refractivity contribution in [3.63, 3.8) is 0 Å². The van der Waals surface area contributed by atoms with Gasteiger partial charge in [0.2, 0.25) is 0 Å². The molecule has 1 heterocycles. The van der Waals surface area contributed by atoms with Crippen molar-refractivity contribution in [1.82, 2.24) is 4.98 Å². The predicted molar refractivity (Wildman–Crippen MR) is 90.5 cm³/mol. The van der Waals surface area contributed by atoms with Gasteiger partial charge in [-0.2, -0.15) is 13.2 Å². The van der Waals surface area contributed by atoms with E-state index in [0.29, 0.717) is 6.20 Å². The fraction of sp³-hybridized carbons (Fsp3) is 0.294. The van der Waals surface area contributed by atoms with E-state index >= 15 is 0 Å². The summed E-state index contributed by atoms with van der Waals surface area (Å²) in [5, 5.41) is 5.08. The van der Waals surface area contributed by atoms with E-state index in [0.717, 1.165) is 18.9 Å². The lowest BCUT2D eigenvalue weighted by molar-refractivity contribution is -0.137. The maximum absolute atomic E-state index is 14.4. The molecular formula is C17H16F4N4O2. The Balaban J connectivity index is 1.63. The Kier molecular flexibility index (Phi) is 5.06. The maximum Gasteiger partial charge on any atom is 0.417 e. The maximum atomic E-state index is 14.4. The second-order valence-corrected chi connectivity index (χ2v) is 6.01. The topological polar surface area (TPSA) is 89.3 Å². The first-order valence-corrected chi connectivity index (χ1v) is 8.05. The largest absolute Gasteiger partial charge is 0.446 e. The molecule has 0 unspecified atom stereocenters. The standard InChI is InChI=1S/C17H16F4N4O2/c18-14-12(24-8-10-2-1-9(7-23-10)17(19,20)21)5-6-13(15(14)22)25-16(26)27-11-3-4-11/h1-2,5-7,11,24H,3-4,8,22H2,(H,25,26). The number of nitrogens with zero attached hydrogens (tertiary/aromatic N) is 1. The molecule has 3 rings (SSSR count). The van der Waals surface area contributed by atoms with Gasteiger partial charge in [-0.25, -0.2) is 9.18 Å². The molecule has 0 atom stereocenters. The van der Waals surface area contributed by atoms with Crippen LogP contribution in [-0.4, -0.2) is 17.2 Å². The number of pyridine rings is 1. The van der Waals surface area contributed by atoms with Crippen LogP contribution in [0.2, 0.25) is 0 Å². The molecule has 0 saturated heterocycles. The molecule has 4 N–H and O–H groups in total. The van der Waals surface area contributed by atoms with E-state index in [-0.39, 0.29) is 35.4 Å². The van der Waals surface area contributed by atoms with Crippen molar-refractivity contribution in [3.8, 4) is 0 Å². The zero-order valence-corrected chi connectivity index (χ0v) is 13.9. The number of hydrogen-bond donors (Lipinski definition) is 3. The van der Waals surface area contributed by atoms with E-state index in [4.69, 9.17) is 10.5 Å². The van der Waals surface area contributed by atoms with Crippen LogP contribution in [0.1, 0.15) is 24.1 Å². The van der Waals surface area contributed by atoms with Crippen LogP contribution in [0.15, 0.2) is 30.5 Å². The molecule has 1 aromatic carbocycles. The monoisotopic (exact) mass is 384 g/mol. The molecular weight excluding hydrogens is 368 g/mol. The number of nitrogens with one attached hydrogen (secondary N) is 2. The molecule has 0 radical (unpaired) electrons. The second-order valence-electron chi connectivity index (χ2n) is 6.01. The summed E-state index contributed by atoms with van der Waals surface area (Å²) in [6, 6.07) is 4.84. The summed E-state index contributed by atoms with van der Waals surface area (Å²) in [6.07, 6.45) is -2.97. The van der Waals surface area contributed by atoms with Crippen molar-refractivity contribution in [2.75, 3.05) is 16.4 Å². The van der Waals surface area contributed by atoms with Crippen LogP contribution in [0.5, 0.6) is 0 Å². The molecule has 0 aliphatic heterocycles. The molecule has 1 fully saturated rings. The summed E-state index contributed by atoms with van der Waals surface area (Å²) >= 11 is 0. The fourth-order valence-corrected chi connectivity index (χ4v) is 2.20. The highest BCUT2D eigenvalue weighted by Gasteiger charge is 2.30. The number of ether oxygens (including phenoxy) is 1. The Morgan fingerprint density at radius 2 is 1.93 bits per heavy atom. The van der Waals surface area contributed by atoms with E-state index in [1.165, 1.54) is 18.2 Å². The summed E-state index contributed by atoms with van der Waals surface area (Å²) < 4.78 is 56.9. The molecule has 1 amide bonds. The van der Waals surface area contributed by atoms with E-state index in [1.54, 1.807) is 0 Å². The first kappa shape index (κ1) is 18.7. The van der Waals surface area contributed by atoms with Gasteiger partial charge < -0.3 is 15.8 Å². The molecule has 2 aromatic rings. The third-order valence-electron chi connectivity index (χ3n) is 3.83. The van der Waals surface area contributed by atoms with Crippen LogP contribution < -0.4 is 16.4 Å². The highest BCUT2D eigenvalue weighted by atomic mass is 19.4. The van der Waals surface area contributed by atoms with Crippen molar-refractivity contribution in [2.45, 2.75) is 31.7 Å². The molecule has 0 bridgehead atoms. The quantitative estimate of drug-likeness (QED) is 0.532. The molecule has 0 spiro atoms. The zero-order chi connectivity index (χ0) is 19.6. The Hall–Kier alpha value is -3.04. The summed E-state index contributed by atoms with van der Waals surface area (Å²) in [7, 11) is 0. The Labute approximate surface area is 151 Å². The van der Waals surface area contributed by atoms with E-state index in [1.807, 2.05) is 0 Å². The average molecular weight is 384 g/mol. The van der Waals surface area contributed by atoms with E-state index < -0.39 is 23.7 Å². The number of alkyl halides is 3. The SMILES string of the molecule is Nc1c(NC(=O)OC2CC2)ccc(NCc2ccc(C(F)(F)F)cn2)c1F. The highest BCUT2D eigenvalue weighted by molar-refractivity contribution is 5.90. The number of halogens is 4. The van der Waals surface area contributed by atoms with Gasteiger partial charge in [0.25, 0.3) is 0 Å². The van der Waals surface area contributed by atoms with Gasteiger partial charge in [0, 0.05) is 6.20 Å². The van der Waals surface area contributed by atoms with E-state index in [2.05, 4.69) is 15.6 Å². The van der Waals surface area contributed by atoms with Gasteiger partial charge in [0.15, 0.2) is 5.82 Å². The summed E-state index contributed by atoms with van der Waals surface area (Å²) in [5.41, 5.74) is 4.92. The van der Waals surface area contributed by atoms with Crippen LogP contribution in [0.4, 0.5) is 39.4 Å². The second kappa shape index (κ2) is 7.29. The van der Waals surface area contributed by atoms with Crippen molar-refractivity contribution >= 4 is 23.2 Å². The lowest BCUT2D eigenvalue weighted by atomic mass is 10.2. The van der Waals surface area contributed by atoms with Crippen LogP contribution in [-0.2, 0) is 17.5 Å². The lowest BCUT2D eigenvalue weighted by Crippen LogP contribution is -2.16. The smallest absolute Gasteiger partial charge is 0.417 e. The molecule has 1 saturated carbocycles. The first-order valence-electron chi connectivity index (χ1n) is 8.05. The molecule has 27 heavy (non-hydrogen) atoms. The number of nitrogens with two attached hydrogens (primary N) is 1. The van der Waals surface area contributed by atoms with E-state index in [9.17, 15) is 22.4 Å². The van der Waals surface area contributed by atoms with Crippen LogP contribution in [0.3, 0.4) is 0 Å². The number of rotatable bonds is 5. The summed E-state index contributed by atoms with van der Waals surface area (Å²) in [6.45, 7) is -0.00893. The van der Waals surface area contributed by atoms with Crippen molar-refractivity contribution < 1.29 is 27.1 Å². The van der Waals surface area contributed by atoms with Crippen molar-refractivity contribution in [3.05, 3.63) is 47.5 Å². The number of nitrogen functional groups attached to an aromatic ring is 1. The van der Waals surface area contributed by atoms with Gasteiger partial charge in [-0.1, -0.05) is 0 Å². The highest BCUT2D eigenvalue weighted by Crippen LogP contribution is 2.30. The van der Waals surface area contributed by atoms with Gasteiger partial charge >= 0.3 is 12.3 Å². The number of amides is 1. The van der Waals surface area contributed by atoms with Gasteiger partial charge in [0.1, 0.15) is 6.10 Å². The molecule has 144 valence electrons. The number of carbonyl (C=O) groups excluding carboxylic acids is 1. The zero-order valence-electron chi connectivity index (χ0n) is 13.9. The lowest BCUT2D eigenvalue weighted by Gasteiger charge is -2.13. The number of aromatic nitrogens is 1. The molecule has 1 aliphatic rings. The predicted octanol–water partition coefficient (Wildman–Crippen LogP) is 4.14. The fourth-order valence-electron chi connectivity index (χ4n) is 2.20. The van der Waals surface area contributed by atoms with Gasteiger partial charge in [-0.3, -0.25) is 10.3 Å². The normalized spacial score (nSPS) is 13.9. The molecule has 1 aliphatic carbocycles. The van der Waals surface area contributed by atoms with Crippen molar-refractivity contribution in [1.29, 1.82) is 0 Å². The Morgan fingerprint density at radius 3 is 2.52 bits per heavy atom. The average Bonchev–Trinajstić information content (AvgIpc) is 3.42. The van der Waals surface area contributed by atoms with Gasteiger partial charge in [-0.15, -0.1) is 0 Å². The van der Waals surface area contributed by atoms with Crippen molar-refractivity contribution in [2.24, 2.45) is 0 Å². The number of anilines is 3. The minimum Gasteiger partial charge on any atom is -0.446 e. The minimum absolute atomic E-state index is 0.00893. The van der Waals surface area contributed by atoms with Crippen LogP contribution in [0, 0.1) is 5.82 Å². The third-order valence-corrected chi connectivity index (χ3v) is 3.83. The van der Waals surface area contributed by atoms with Crippen LogP contribution >= 0.6 is 0 Å². The summed E-state index contributed by atoms with van der Waals surface area (Å²) in [5.74, 6) is -0.800.